The summed E-state index contributed by atoms with van der Waals surface area (Å²) in [5.41, 5.74) is 1.23. The first-order valence-corrected chi connectivity index (χ1v) is 4.58. The highest BCUT2D eigenvalue weighted by Crippen LogP contribution is 2.17. The van der Waals surface area contributed by atoms with Crippen LogP contribution in [-0.2, 0) is 5.41 Å². The molecule has 0 fully saturated rings. The molecule has 0 saturated heterocycles. The van der Waals surface area contributed by atoms with Gasteiger partial charge in [-0.25, -0.2) is 0 Å². The molecule has 1 aromatic heterocycles. The van der Waals surface area contributed by atoms with Crippen LogP contribution in [0.15, 0.2) is 17.3 Å². The van der Waals surface area contributed by atoms with Crippen LogP contribution in [0.5, 0.6) is 0 Å². The van der Waals surface area contributed by atoms with Crippen LogP contribution < -0.4 is 10.6 Å². The van der Waals surface area contributed by atoms with E-state index in [0.717, 1.165) is 17.6 Å². The van der Waals surface area contributed by atoms with Gasteiger partial charge in [-0.1, -0.05) is 26.8 Å². The van der Waals surface area contributed by atoms with E-state index in [1.54, 1.807) is 0 Å². The molecule has 0 aromatic carbocycles. The summed E-state index contributed by atoms with van der Waals surface area (Å²) >= 11 is 0. The molecule has 0 atom stereocenters. The molecule has 0 bridgehead atoms. The van der Waals surface area contributed by atoms with E-state index in [2.05, 4.69) is 42.9 Å². The summed E-state index contributed by atoms with van der Waals surface area (Å²) in [4.78, 5) is 8.81. The first-order valence-electron chi connectivity index (χ1n) is 4.58. The van der Waals surface area contributed by atoms with Gasteiger partial charge >= 0.3 is 0 Å². The summed E-state index contributed by atoms with van der Waals surface area (Å²) in [6, 6.07) is 2.10. The van der Waals surface area contributed by atoms with Crippen molar-refractivity contribution in [3.63, 3.8) is 0 Å². The minimum atomic E-state index is 0.118. The average molecular weight is 174 g/mol. The maximum atomic E-state index is 4.43. The molecule has 0 N–H and O–H groups in total. The third kappa shape index (κ3) is 1.48. The van der Waals surface area contributed by atoms with E-state index in [0.29, 0.717) is 0 Å². The zero-order valence-electron chi connectivity index (χ0n) is 8.33. The number of rotatable bonds is 0. The Kier molecular flexibility index (Phi) is 1.72. The van der Waals surface area contributed by atoms with Gasteiger partial charge in [0.2, 0.25) is 0 Å². The molecule has 0 aliphatic carbocycles. The fourth-order valence-electron chi connectivity index (χ4n) is 1.40. The smallest absolute Gasteiger partial charge is 0.0681 e. The Balaban J connectivity index is 2.62. The van der Waals surface area contributed by atoms with Crippen LogP contribution in [0.1, 0.15) is 26.5 Å². The second kappa shape index (κ2) is 2.66. The molecule has 0 radical (unpaired) electrons. The molecule has 0 saturated carbocycles. The van der Waals surface area contributed by atoms with Gasteiger partial charge < -0.3 is 0 Å². The predicted octanol–water partition coefficient (Wildman–Crippen LogP) is 0.793. The summed E-state index contributed by atoms with van der Waals surface area (Å²) in [5, 5.41) is 2.27. The zero-order chi connectivity index (χ0) is 9.47. The molecule has 68 valence electrons. The highest BCUT2D eigenvalue weighted by atomic mass is 14.8. The number of nitrogens with zero attached hydrogens (tertiary/aromatic N) is 2. The lowest BCUT2D eigenvalue weighted by Crippen LogP contribution is -2.26. The molecule has 2 heterocycles. The summed E-state index contributed by atoms with van der Waals surface area (Å²) < 4.78 is 0. The lowest BCUT2D eigenvalue weighted by atomic mass is 9.91. The van der Waals surface area contributed by atoms with Crippen molar-refractivity contribution >= 4 is 6.08 Å². The number of hydrogen-bond acceptors (Lipinski definition) is 2. The first kappa shape index (κ1) is 8.42. The number of hydrogen-bond donors (Lipinski definition) is 0. The maximum absolute atomic E-state index is 4.43. The van der Waals surface area contributed by atoms with E-state index in [1.165, 1.54) is 5.22 Å². The van der Waals surface area contributed by atoms with E-state index in [-0.39, 0.29) is 5.41 Å². The van der Waals surface area contributed by atoms with Crippen molar-refractivity contribution in [2.45, 2.75) is 26.2 Å². The average Bonchev–Trinajstić information content (AvgIpc) is 2.47. The highest BCUT2D eigenvalue weighted by Gasteiger charge is 2.15. The molecule has 2 rings (SSSR count). The molecule has 0 unspecified atom stereocenters. The van der Waals surface area contributed by atoms with Gasteiger partial charge in [-0.05, 0) is 6.07 Å². The molecule has 2 heteroatoms. The molecule has 2 nitrogen and oxygen atoms in total. The normalized spacial score (nSPS) is 14.7. The van der Waals surface area contributed by atoms with E-state index >= 15 is 0 Å². The van der Waals surface area contributed by atoms with Crippen molar-refractivity contribution in [1.82, 2.24) is 4.98 Å². The molecule has 0 spiro atoms. The van der Waals surface area contributed by atoms with Crippen LogP contribution in [0.4, 0.5) is 0 Å². The summed E-state index contributed by atoms with van der Waals surface area (Å²) in [7, 11) is 0. The van der Waals surface area contributed by atoms with Gasteiger partial charge in [-0.3, -0.25) is 9.98 Å². The van der Waals surface area contributed by atoms with Crippen molar-refractivity contribution in [3.8, 4) is 0 Å². The Morgan fingerprint density at radius 1 is 1.31 bits per heavy atom. The Labute approximate surface area is 78.0 Å². The monoisotopic (exact) mass is 174 g/mol. The second-order valence-electron chi connectivity index (χ2n) is 4.42. The standard InChI is InChI=1S/C11H14N2/c1-11(2,3)10-6-9-8(7-13-10)4-5-12-9/h4,6-7H,5H2,1-3H3. The Morgan fingerprint density at radius 3 is 2.77 bits per heavy atom. The molecule has 1 aromatic rings. The van der Waals surface area contributed by atoms with E-state index in [1.807, 2.05) is 6.20 Å². The Bertz CT molecular complexity index is 438. The van der Waals surface area contributed by atoms with Gasteiger partial charge in [0, 0.05) is 22.5 Å². The molecule has 1 aliphatic rings. The maximum Gasteiger partial charge on any atom is 0.0681 e. The third-order valence-corrected chi connectivity index (χ3v) is 2.25. The minimum Gasteiger partial charge on any atom is -0.280 e. The van der Waals surface area contributed by atoms with Crippen LogP contribution in [0.3, 0.4) is 0 Å². The SMILES string of the molecule is CC(C)(C)c1cc2c(cn1)=CCN=2. The fraction of sp³-hybridized carbons (Fsp3) is 0.455. The van der Waals surface area contributed by atoms with Crippen LogP contribution >= 0.6 is 0 Å². The largest absolute Gasteiger partial charge is 0.280 e. The first-order chi connectivity index (χ1) is 6.07. The van der Waals surface area contributed by atoms with Gasteiger partial charge in [0.1, 0.15) is 0 Å². The summed E-state index contributed by atoms with van der Waals surface area (Å²) in [5.74, 6) is 0. The van der Waals surface area contributed by atoms with Gasteiger partial charge in [0.25, 0.3) is 0 Å². The lowest BCUT2D eigenvalue weighted by molar-refractivity contribution is 0.567. The minimum absolute atomic E-state index is 0.118. The van der Waals surface area contributed by atoms with Crippen LogP contribution in [0, 0.1) is 0 Å². The lowest BCUT2D eigenvalue weighted by Gasteiger charge is -2.16. The van der Waals surface area contributed by atoms with E-state index in [9.17, 15) is 0 Å². The molecule has 1 aliphatic heterocycles. The number of aromatic nitrogens is 1. The Hall–Kier alpha value is -1.18. The Morgan fingerprint density at radius 2 is 2.08 bits per heavy atom. The molecular formula is C11H14N2. The molecule has 0 amide bonds. The predicted molar refractivity (Wildman–Crippen MR) is 53.1 cm³/mol. The fourth-order valence-corrected chi connectivity index (χ4v) is 1.40. The van der Waals surface area contributed by atoms with Crippen molar-refractivity contribution in [3.05, 3.63) is 28.5 Å². The van der Waals surface area contributed by atoms with E-state index < -0.39 is 0 Å². The quantitative estimate of drug-likeness (QED) is 0.571. The van der Waals surface area contributed by atoms with Crippen LogP contribution in [-0.4, -0.2) is 11.5 Å². The third-order valence-electron chi connectivity index (χ3n) is 2.25. The second-order valence-corrected chi connectivity index (χ2v) is 4.42. The van der Waals surface area contributed by atoms with Crippen molar-refractivity contribution < 1.29 is 0 Å². The van der Waals surface area contributed by atoms with Crippen molar-refractivity contribution in [1.29, 1.82) is 0 Å². The summed E-state index contributed by atoms with van der Waals surface area (Å²) in [6.45, 7) is 7.31. The number of fused-ring (bicyclic) bond motifs is 1. The van der Waals surface area contributed by atoms with Crippen molar-refractivity contribution in [2.24, 2.45) is 4.99 Å². The van der Waals surface area contributed by atoms with Gasteiger partial charge in [0.15, 0.2) is 0 Å². The van der Waals surface area contributed by atoms with Crippen molar-refractivity contribution in [2.75, 3.05) is 6.54 Å². The van der Waals surface area contributed by atoms with E-state index in [4.69, 9.17) is 0 Å². The van der Waals surface area contributed by atoms with Gasteiger partial charge in [-0.15, -0.1) is 0 Å². The van der Waals surface area contributed by atoms with Gasteiger partial charge in [0.05, 0.1) is 11.9 Å². The molecule has 13 heavy (non-hydrogen) atoms. The highest BCUT2D eigenvalue weighted by molar-refractivity contribution is 5.29. The van der Waals surface area contributed by atoms with Crippen LogP contribution in [0.2, 0.25) is 0 Å². The van der Waals surface area contributed by atoms with Gasteiger partial charge in [-0.2, -0.15) is 0 Å². The van der Waals surface area contributed by atoms with Crippen LogP contribution in [0.25, 0.3) is 6.08 Å². The number of pyridine rings is 1. The topological polar surface area (TPSA) is 25.2 Å². The zero-order valence-corrected chi connectivity index (χ0v) is 8.33. The summed E-state index contributed by atoms with van der Waals surface area (Å²) in [6.07, 6.45) is 4.03. The molecular weight excluding hydrogens is 160 g/mol.